The average Bonchev–Trinajstić information content (AvgIpc) is 3.20. The molecule has 8 nitrogen and oxygen atoms in total. The van der Waals surface area contributed by atoms with Crippen LogP contribution in [0, 0.1) is 11.2 Å². The van der Waals surface area contributed by atoms with Crippen molar-refractivity contribution in [3.8, 4) is 6.01 Å². The lowest BCUT2D eigenvalue weighted by atomic mass is 9.76. The Kier molecular flexibility index (Phi) is 9.30. The van der Waals surface area contributed by atoms with Gasteiger partial charge in [0.2, 0.25) is 0 Å². The molecule has 3 fully saturated rings. The van der Waals surface area contributed by atoms with Gasteiger partial charge in [-0.05, 0) is 57.3 Å². The number of fused-ring (bicyclic) bond motifs is 2. The first kappa shape index (κ1) is 31.6. The maximum absolute atomic E-state index is 15.3. The third-order valence-electron chi connectivity index (χ3n) is 9.28. The summed E-state index contributed by atoms with van der Waals surface area (Å²) >= 11 is 6.09. The zero-order valence-corrected chi connectivity index (χ0v) is 27.2. The van der Waals surface area contributed by atoms with Crippen molar-refractivity contribution in [3.63, 3.8) is 0 Å². The van der Waals surface area contributed by atoms with E-state index in [0.717, 1.165) is 32.2 Å². The molecule has 0 amide bonds. The number of aromatic nitrogens is 3. The summed E-state index contributed by atoms with van der Waals surface area (Å²) in [5.41, 5.74) is -0.383. The van der Waals surface area contributed by atoms with Crippen LogP contribution in [0.3, 0.4) is 0 Å². The number of hydrogen-bond acceptors (Lipinski definition) is 8. The lowest BCUT2D eigenvalue weighted by molar-refractivity contribution is -0.00296. The predicted octanol–water partition coefficient (Wildman–Crippen LogP) is 6.16. The van der Waals surface area contributed by atoms with Crippen molar-refractivity contribution >= 4 is 49.0 Å². The molecule has 2 aliphatic heterocycles. The SMILES string of the molecule is CC(C)(C)[Si](C)(C)O[C@]1(C)COCCN(c2nc(OC[C@@]34CCCN[C@@H]3CCC4)nc3c(F)c(Cl)ncc23)C1.Cl. The fourth-order valence-corrected chi connectivity index (χ4v) is 8.03. The highest BCUT2D eigenvalue weighted by atomic mass is 35.5. The van der Waals surface area contributed by atoms with Crippen molar-refractivity contribution in [2.24, 2.45) is 5.41 Å². The Hall–Kier alpha value is -1.30. The molecule has 4 heterocycles. The maximum Gasteiger partial charge on any atom is 0.319 e. The largest absolute Gasteiger partial charge is 0.463 e. The van der Waals surface area contributed by atoms with Crippen LogP contribution < -0.4 is 15.0 Å². The molecule has 2 saturated heterocycles. The van der Waals surface area contributed by atoms with Crippen LogP contribution in [0.15, 0.2) is 6.20 Å². The van der Waals surface area contributed by atoms with E-state index in [1.165, 1.54) is 6.42 Å². The molecule has 1 N–H and O–H groups in total. The fourth-order valence-electron chi connectivity index (χ4n) is 6.23. The first-order valence-electron chi connectivity index (χ1n) is 14.2. The van der Waals surface area contributed by atoms with E-state index in [2.05, 4.69) is 61.0 Å². The molecule has 2 aromatic rings. The van der Waals surface area contributed by atoms with E-state index < -0.39 is 19.7 Å². The Labute approximate surface area is 249 Å². The van der Waals surface area contributed by atoms with Crippen molar-refractivity contribution in [1.82, 2.24) is 20.3 Å². The molecule has 224 valence electrons. The first-order chi connectivity index (χ1) is 18.3. The molecule has 40 heavy (non-hydrogen) atoms. The van der Waals surface area contributed by atoms with E-state index in [1.807, 2.05) is 0 Å². The average molecular weight is 617 g/mol. The molecule has 2 aromatic heterocycles. The standard InChI is InChI=1S/C28H43ClFN5O3Si.ClH/c1-26(2,3)39(5,6)38-27(4)16-35(13-14-36-17-27)24-19-15-32-23(29)21(30)22(19)33-25(34-24)37-18-28-10-7-9-20(28)31-12-8-11-28;/h15,20,31H,7-14,16-18H2,1-6H3;1H/t20-,27+,28-;/m1./s1. The number of nitrogens with one attached hydrogen (secondary N) is 1. The van der Waals surface area contributed by atoms with Gasteiger partial charge in [-0.3, -0.25) is 0 Å². The summed E-state index contributed by atoms with van der Waals surface area (Å²) in [5, 5.41) is 4.00. The monoisotopic (exact) mass is 615 g/mol. The molecule has 0 unspecified atom stereocenters. The number of hydrogen-bond donors (Lipinski definition) is 1. The van der Waals surface area contributed by atoms with Crippen LogP contribution in [0.5, 0.6) is 6.01 Å². The molecule has 0 spiro atoms. The summed E-state index contributed by atoms with van der Waals surface area (Å²) in [6.07, 6.45) is 7.24. The minimum Gasteiger partial charge on any atom is -0.463 e. The highest BCUT2D eigenvalue weighted by Crippen LogP contribution is 2.45. The Balaban J connectivity index is 0.00000370. The number of nitrogens with zero attached hydrogens (tertiary/aromatic N) is 4. The first-order valence-corrected chi connectivity index (χ1v) is 17.5. The summed E-state index contributed by atoms with van der Waals surface area (Å²) in [7, 11) is -2.10. The topological polar surface area (TPSA) is 81.6 Å². The Morgan fingerprint density at radius 1 is 1.25 bits per heavy atom. The van der Waals surface area contributed by atoms with Crippen LogP contribution in [0.25, 0.3) is 10.9 Å². The van der Waals surface area contributed by atoms with Crippen molar-refractivity contribution in [3.05, 3.63) is 17.2 Å². The quantitative estimate of drug-likeness (QED) is 0.306. The molecular weight excluding hydrogens is 572 g/mol. The molecule has 0 bridgehead atoms. The van der Waals surface area contributed by atoms with Crippen molar-refractivity contribution in [1.29, 1.82) is 0 Å². The highest BCUT2D eigenvalue weighted by Gasteiger charge is 2.46. The van der Waals surface area contributed by atoms with E-state index in [4.69, 9.17) is 30.5 Å². The lowest BCUT2D eigenvalue weighted by Crippen LogP contribution is -2.54. The van der Waals surface area contributed by atoms with E-state index in [1.54, 1.807) is 6.20 Å². The van der Waals surface area contributed by atoms with Gasteiger partial charge in [-0.15, -0.1) is 12.4 Å². The molecule has 1 saturated carbocycles. The van der Waals surface area contributed by atoms with Gasteiger partial charge in [-0.25, -0.2) is 9.37 Å². The van der Waals surface area contributed by atoms with Crippen molar-refractivity contribution in [2.75, 3.05) is 44.4 Å². The van der Waals surface area contributed by atoms with E-state index in [-0.39, 0.29) is 39.5 Å². The van der Waals surface area contributed by atoms with Gasteiger partial charge >= 0.3 is 6.01 Å². The zero-order valence-electron chi connectivity index (χ0n) is 24.6. The van der Waals surface area contributed by atoms with Gasteiger partial charge in [-0.2, -0.15) is 9.97 Å². The van der Waals surface area contributed by atoms with E-state index in [0.29, 0.717) is 50.2 Å². The lowest BCUT2D eigenvalue weighted by Gasteiger charge is -2.44. The minimum absolute atomic E-state index is 0. The van der Waals surface area contributed by atoms with E-state index in [9.17, 15) is 0 Å². The van der Waals surface area contributed by atoms with Gasteiger partial charge in [0.25, 0.3) is 0 Å². The fraction of sp³-hybridized carbons (Fsp3) is 0.750. The maximum atomic E-state index is 15.3. The third-order valence-corrected chi connectivity index (χ3v) is 14.2. The summed E-state index contributed by atoms with van der Waals surface area (Å²) in [6, 6.07) is 0.610. The number of halogens is 3. The number of pyridine rings is 1. The van der Waals surface area contributed by atoms with Crippen LogP contribution in [0.1, 0.15) is 59.8 Å². The second kappa shape index (κ2) is 11.8. The van der Waals surface area contributed by atoms with Gasteiger partial charge < -0.3 is 24.1 Å². The minimum atomic E-state index is -2.10. The molecule has 1 aliphatic carbocycles. The van der Waals surface area contributed by atoms with Crippen LogP contribution in [0.4, 0.5) is 10.2 Å². The number of anilines is 1. The van der Waals surface area contributed by atoms with Crippen molar-refractivity contribution in [2.45, 2.75) is 89.6 Å². The predicted molar refractivity (Wildman–Crippen MR) is 162 cm³/mol. The van der Waals surface area contributed by atoms with Crippen LogP contribution >= 0.6 is 24.0 Å². The molecular formula is C28H44Cl2FN5O3Si. The van der Waals surface area contributed by atoms with Crippen LogP contribution in [-0.4, -0.2) is 74.4 Å². The number of rotatable bonds is 6. The van der Waals surface area contributed by atoms with Gasteiger partial charge in [0, 0.05) is 30.7 Å². The molecule has 3 atom stereocenters. The summed E-state index contributed by atoms with van der Waals surface area (Å²) in [4.78, 5) is 15.6. The molecule has 0 radical (unpaired) electrons. The summed E-state index contributed by atoms with van der Waals surface area (Å²) in [5.74, 6) is -0.0962. The van der Waals surface area contributed by atoms with Crippen LogP contribution in [0.2, 0.25) is 23.3 Å². The molecule has 0 aromatic carbocycles. The Bertz CT molecular complexity index is 1220. The van der Waals surface area contributed by atoms with Gasteiger partial charge in [0.15, 0.2) is 19.3 Å². The molecule has 12 heteroatoms. The van der Waals surface area contributed by atoms with Crippen LogP contribution in [-0.2, 0) is 9.16 Å². The normalized spacial score (nSPS) is 27.7. The highest BCUT2D eigenvalue weighted by molar-refractivity contribution is 6.74. The Morgan fingerprint density at radius 2 is 2.00 bits per heavy atom. The molecule has 5 rings (SSSR count). The van der Waals surface area contributed by atoms with Crippen molar-refractivity contribution < 1.29 is 18.3 Å². The summed E-state index contributed by atoms with van der Waals surface area (Å²) in [6.45, 7) is 16.9. The van der Waals surface area contributed by atoms with Gasteiger partial charge in [-0.1, -0.05) is 38.8 Å². The van der Waals surface area contributed by atoms with Gasteiger partial charge in [0.05, 0.1) is 30.8 Å². The second-order valence-corrected chi connectivity index (χ2v) is 18.5. The number of ether oxygens (including phenoxy) is 2. The van der Waals surface area contributed by atoms with E-state index >= 15 is 4.39 Å². The van der Waals surface area contributed by atoms with Gasteiger partial charge in [0.1, 0.15) is 11.3 Å². The third kappa shape index (κ3) is 6.22. The number of piperidine rings is 1. The zero-order chi connectivity index (χ0) is 28.1. The Morgan fingerprint density at radius 3 is 2.75 bits per heavy atom. The smallest absolute Gasteiger partial charge is 0.319 e. The second-order valence-electron chi connectivity index (χ2n) is 13.4. The molecule has 3 aliphatic rings. The summed E-state index contributed by atoms with van der Waals surface area (Å²) < 4.78 is 34.6.